The second-order valence-corrected chi connectivity index (χ2v) is 6.01. The van der Waals surface area contributed by atoms with Gasteiger partial charge in [0.05, 0.1) is 12.0 Å². The lowest BCUT2D eigenvalue weighted by Crippen LogP contribution is -2.44. The molecule has 0 radical (unpaired) electrons. The Balaban J connectivity index is 2.25. The summed E-state index contributed by atoms with van der Waals surface area (Å²) in [6, 6.07) is 1.34. The van der Waals surface area contributed by atoms with Crippen LogP contribution in [0.4, 0.5) is 0 Å². The summed E-state index contributed by atoms with van der Waals surface area (Å²) in [5, 5.41) is 9.09. The highest BCUT2D eigenvalue weighted by molar-refractivity contribution is 9.10. The van der Waals surface area contributed by atoms with Crippen LogP contribution in [-0.2, 0) is 4.79 Å². The zero-order valence-electron chi connectivity index (χ0n) is 10.7. The van der Waals surface area contributed by atoms with Crippen molar-refractivity contribution in [3.63, 3.8) is 0 Å². The number of amides is 1. The van der Waals surface area contributed by atoms with Gasteiger partial charge in [0.2, 0.25) is 0 Å². The van der Waals surface area contributed by atoms with Crippen molar-refractivity contribution in [1.82, 2.24) is 9.88 Å². The number of hydrogen-bond acceptors (Lipinski definition) is 3. The van der Waals surface area contributed by atoms with Crippen molar-refractivity contribution in [3.05, 3.63) is 27.5 Å². The fourth-order valence-electron chi connectivity index (χ4n) is 2.41. The van der Waals surface area contributed by atoms with Gasteiger partial charge in [-0.2, -0.15) is 0 Å². The van der Waals surface area contributed by atoms with Crippen LogP contribution in [0.2, 0.25) is 5.15 Å². The SMILES string of the molecule is O=C(O)CC1CCCCN1C(=O)c1cc(Br)cnc1Cl. The maximum Gasteiger partial charge on any atom is 0.305 e. The van der Waals surface area contributed by atoms with Crippen molar-refractivity contribution in [2.24, 2.45) is 0 Å². The molecule has 108 valence electrons. The quantitative estimate of drug-likeness (QED) is 0.840. The molecule has 1 atom stereocenters. The second-order valence-electron chi connectivity index (χ2n) is 4.74. The molecule has 2 rings (SSSR count). The largest absolute Gasteiger partial charge is 0.481 e. The Morgan fingerprint density at radius 2 is 2.25 bits per heavy atom. The summed E-state index contributed by atoms with van der Waals surface area (Å²) < 4.78 is 0.664. The van der Waals surface area contributed by atoms with Crippen molar-refractivity contribution < 1.29 is 14.7 Å². The maximum absolute atomic E-state index is 12.6. The molecule has 20 heavy (non-hydrogen) atoms. The van der Waals surface area contributed by atoms with E-state index in [9.17, 15) is 9.59 Å². The van der Waals surface area contributed by atoms with Gasteiger partial charge in [-0.3, -0.25) is 9.59 Å². The molecule has 1 aromatic rings. The molecule has 1 aliphatic rings. The average Bonchev–Trinajstić information content (AvgIpc) is 2.41. The number of aromatic nitrogens is 1. The van der Waals surface area contributed by atoms with Gasteiger partial charge in [-0.1, -0.05) is 11.6 Å². The number of hydrogen-bond donors (Lipinski definition) is 1. The molecule has 0 aromatic carbocycles. The number of nitrogens with zero attached hydrogens (tertiary/aromatic N) is 2. The first-order chi connectivity index (χ1) is 9.49. The number of likely N-dealkylation sites (tertiary alicyclic amines) is 1. The third-order valence-corrected chi connectivity index (χ3v) is 4.07. The summed E-state index contributed by atoms with van der Waals surface area (Å²) >= 11 is 9.23. The van der Waals surface area contributed by atoms with Crippen LogP contribution in [0, 0.1) is 0 Å². The lowest BCUT2D eigenvalue weighted by Gasteiger charge is -2.35. The van der Waals surface area contributed by atoms with Gasteiger partial charge < -0.3 is 10.0 Å². The topological polar surface area (TPSA) is 70.5 Å². The van der Waals surface area contributed by atoms with Gasteiger partial charge >= 0.3 is 5.97 Å². The molecule has 7 heteroatoms. The lowest BCUT2D eigenvalue weighted by molar-refractivity contribution is -0.138. The van der Waals surface area contributed by atoms with Crippen LogP contribution in [0.25, 0.3) is 0 Å². The van der Waals surface area contributed by atoms with E-state index in [1.807, 2.05) is 0 Å². The fourth-order valence-corrected chi connectivity index (χ4v) is 2.92. The summed E-state index contributed by atoms with van der Waals surface area (Å²) in [5.74, 6) is -1.15. The molecular weight excluding hydrogens is 348 g/mol. The van der Waals surface area contributed by atoms with E-state index in [1.54, 1.807) is 11.0 Å². The first-order valence-corrected chi connectivity index (χ1v) is 7.50. The Hall–Kier alpha value is -1.14. The van der Waals surface area contributed by atoms with Crippen molar-refractivity contribution >= 4 is 39.4 Å². The van der Waals surface area contributed by atoms with Crippen LogP contribution in [0.1, 0.15) is 36.0 Å². The molecule has 0 spiro atoms. The first kappa shape index (κ1) is 15.3. The number of piperidine rings is 1. The van der Waals surface area contributed by atoms with Gasteiger partial charge in [0.25, 0.3) is 5.91 Å². The summed E-state index contributed by atoms with van der Waals surface area (Å²) in [6.07, 6.45) is 4.00. The van der Waals surface area contributed by atoms with Gasteiger partial charge in [-0.25, -0.2) is 4.98 Å². The van der Waals surface area contributed by atoms with Crippen molar-refractivity contribution in [1.29, 1.82) is 0 Å². The van der Waals surface area contributed by atoms with Crippen LogP contribution in [0.15, 0.2) is 16.7 Å². The molecular formula is C13H14BrClN2O3. The predicted molar refractivity (Wildman–Crippen MR) is 77.9 cm³/mol. The third kappa shape index (κ3) is 3.49. The molecule has 1 fully saturated rings. The summed E-state index contributed by atoms with van der Waals surface area (Å²) in [4.78, 5) is 29.0. The summed E-state index contributed by atoms with van der Waals surface area (Å²) in [6.45, 7) is 0.555. The molecule has 1 aliphatic heterocycles. The van der Waals surface area contributed by atoms with E-state index in [1.165, 1.54) is 6.20 Å². The molecule has 1 unspecified atom stereocenters. The van der Waals surface area contributed by atoms with Gasteiger partial charge in [0.1, 0.15) is 5.15 Å². The third-order valence-electron chi connectivity index (χ3n) is 3.33. The minimum Gasteiger partial charge on any atom is -0.481 e. The fraction of sp³-hybridized carbons (Fsp3) is 0.462. The molecule has 1 N–H and O–H groups in total. The van der Waals surface area contributed by atoms with E-state index < -0.39 is 5.97 Å². The highest BCUT2D eigenvalue weighted by atomic mass is 79.9. The normalized spacial score (nSPS) is 18.9. The number of carbonyl (C=O) groups excluding carboxylic acids is 1. The Morgan fingerprint density at radius 1 is 1.50 bits per heavy atom. The van der Waals surface area contributed by atoms with Crippen LogP contribution in [0.5, 0.6) is 0 Å². The van der Waals surface area contributed by atoms with E-state index >= 15 is 0 Å². The Morgan fingerprint density at radius 3 is 2.95 bits per heavy atom. The van der Waals surface area contributed by atoms with Crippen LogP contribution in [0.3, 0.4) is 0 Å². The zero-order chi connectivity index (χ0) is 14.7. The molecule has 5 nitrogen and oxygen atoms in total. The molecule has 0 bridgehead atoms. The monoisotopic (exact) mass is 360 g/mol. The van der Waals surface area contributed by atoms with E-state index in [4.69, 9.17) is 16.7 Å². The Bertz CT molecular complexity index is 538. The first-order valence-electron chi connectivity index (χ1n) is 6.33. The van der Waals surface area contributed by atoms with Crippen molar-refractivity contribution in [2.75, 3.05) is 6.54 Å². The molecule has 2 heterocycles. The van der Waals surface area contributed by atoms with Crippen molar-refractivity contribution in [2.45, 2.75) is 31.7 Å². The van der Waals surface area contributed by atoms with Gasteiger partial charge in [-0.05, 0) is 41.3 Å². The standard InChI is InChI=1S/C13H14BrClN2O3/c14-8-5-10(12(15)16-7-8)13(20)17-4-2-1-3-9(17)6-11(18)19/h5,7,9H,1-4,6H2,(H,18,19). The number of carboxylic acids is 1. The number of carboxylic acid groups (broad SMARTS) is 1. The van der Waals surface area contributed by atoms with Crippen LogP contribution < -0.4 is 0 Å². The molecule has 1 aromatic heterocycles. The van der Waals surface area contributed by atoms with E-state index in [0.29, 0.717) is 23.0 Å². The molecule has 0 saturated carbocycles. The van der Waals surface area contributed by atoms with Crippen LogP contribution >= 0.6 is 27.5 Å². The van der Waals surface area contributed by atoms with Gasteiger partial charge in [0, 0.05) is 23.3 Å². The predicted octanol–water partition coefficient (Wildman–Crippen LogP) is 2.97. The number of rotatable bonds is 3. The van der Waals surface area contributed by atoms with Gasteiger partial charge in [0.15, 0.2) is 0 Å². The van der Waals surface area contributed by atoms with Crippen LogP contribution in [-0.4, -0.2) is 39.5 Å². The second kappa shape index (κ2) is 6.54. The maximum atomic E-state index is 12.6. The highest BCUT2D eigenvalue weighted by Crippen LogP contribution is 2.25. The van der Waals surface area contributed by atoms with Gasteiger partial charge in [-0.15, -0.1) is 0 Å². The molecule has 0 aliphatic carbocycles. The number of halogens is 2. The Labute approximate surface area is 130 Å². The van der Waals surface area contributed by atoms with E-state index in [2.05, 4.69) is 20.9 Å². The molecule has 1 saturated heterocycles. The smallest absolute Gasteiger partial charge is 0.305 e. The average molecular weight is 362 g/mol. The number of aliphatic carboxylic acids is 1. The van der Waals surface area contributed by atoms with E-state index in [0.717, 1.165) is 12.8 Å². The molecule has 1 amide bonds. The number of pyridine rings is 1. The highest BCUT2D eigenvalue weighted by Gasteiger charge is 2.30. The number of carbonyl (C=O) groups is 2. The Kier molecular flexibility index (Phi) is 4.99. The zero-order valence-corrected chi connectivity index (χ0v) is 13.0. The lowest BCUT2D eigenvalue weighted by atomic mass is 9.98. The van der Waals surface area contributed by atoms with E-state index in [-0.39, 0.29) is 23.5 Å². The summed E-state index contributed by atoms with van der Waals surface area (Å²) in [5.41, 5.74) is 0.304. The summed E-state index contributed by atoms with van der Waals surface area (Å²) in [7, 11) is 0. The minimum atomic E-state index is -0.895. The van der Waals surface area contributed by atoms with Crippen molar-refractivity contribution in [3.8, 4) is 0 Å². The minimum absolute atomic E-state index is 0.0369.